The number of rotatable bonds is 4. The van der Waals surface area contributed by atoms with Gasteiger partial charge < -0.3 is 5.32 Å². The quantitative estimate of drug-likeness (QED) is 0.679. The summed E-state index contributed by atoms with van der Waals surface area (Å²) in [7, 11) is 0. The number of hydrogen-bond acceptors (Lipinski definition) is 1. The summed E-state index contributed by atoms with van der Waals surface area (Å²) in [6, 6.07) is 23.9. The van der Waals surface area contributed by atoms with E-state index in [1.54, 1.807) is 0 Å². The van der Waals surface area contributed by atoms with Gasteiger partial charge in [0.25, 0.3) is 0 Å². The molecule has 106 valence electrons. The van der Waals surface area contributed by atoms with Crippen molar-refractivity contribution in [1.29, 1.82) is 0 Å². The van der Waals surface area contributed by atoms with Gasteiger partial charge in [0.1, 0.15) is 0 Å². The summed E-state index contributed by atoms with van der Waals surface area (Å²) in [5, 5.41) is 6.21. The molecule has 0 saturated carbocycles. The van der Waals surface area contributed by atoms with Gasteiger partial charge in [-0.05, 0) is 40.6 Å². The molecule has 3 aromatic rings. The third-order valence-electron chi connectivity index (χ3n) is 3.75. The van der Waals surface area contributed by atoms with Crippen LogP contribution in [0.25, 0.3) is 10.8 Å². The Morgan fingerprint density at radius 3 is 2.38 bits per heavy atom. The Morgan fingerprint density at radius 2 is 1.62 bits per heavy atom. The lowest BCUT2D eigenvalue weighted by Gasteiger charge is -2.21. The van der Waals surface area contributed by atoms with Gasteiger partial charge in [0, 0.05) is 4.47 Å². The number of nitrogens with one attached hydrogen (secondary N) is 1. The van der Waals surface area contributed by atoms with Crippen LogP contribution in [0.3, 0.4) is 0 Å². The van der Waals surface area contributed by atoms with E-state index in [9.17, 15) is 0 Å². The maximum absolute atomic E-state index is 3.61. The molecule has 0 bridgehead atoms. The van der Waals surface area contributed by atoms with Crippen molar-refractivity contribution in [3.63, 3.8) is 0 Å². The fourth-order valence-corrected chi connectivity index (χ4v) is 3.03. The predicted octanol–water partition coefficient (Wildman–Crippen LogP) is 5.30. The van der Waals surface area contributed by atoms with Gasteiger partial charge in [0.05, 0.1) is 6.04 Å². The number of halogens is 1. The van der Waals surface area contributed by atoms with Gasteiger partial charge in [-0.1, -0.05) is 77.5 Å². The lowest BCUT2D eigenvalue weighted by atomic mass is 9.94. The summed E-state index contributed by atoms with van der Waals surface area (Å²) in [5.41, 5.74) is 2.62. The second-order valence-corrected chi connectivity index (χ2v) is 6.03. The summed E-state index contributed by atoms with van der Waals surface area (Å²) < 4.78 is 1.11. The van der Waals surface area contributed by atoms with Crippen molar-refractivity contribution >= 4 is 26.7 Å². The molecule has 1 atom stereocenters. The lowest BCUT2D eigenvalue weighted by Crippen LogP contribution is -2.22. The molecule has 0 aromatic heterocycles. The first-order chi connectivity index (χ1) is 10.3. The third kappa shape index (κ3) is 3.02. The van der Waals surface area contributed by atoms with Crippen LogP contribution in [-0.2, 0) is 0 Å². The van der Waals surface area contributed by atoms with E-state index in [-0.39, 0.29) is 6.04 Å². The summed E-state index contributed by atoms with van der Waals surface area (Å²) >= 11 is 3.51. The summed E-state index contributed by atoms with van der Waals surface area (Å²) in [6.07, 6.45) is 0. The molecule has 21 heavy (non-hydrogen) atoms. The topological polar surface area (TPSA) is 12.0 Å². The van der Waals surface area contributed by atoms with Crippen LogP contribution < -0.4 is 5.32 Å². The number of fused-ring (bicyclic) bond motifs is 1. The van der Waals surface area contributed by atoms with Gasteiger partial charge in [-0.3, -0.25) is 0 Å². The average Bonchev–Trinajstić information content (AvgIpc) is 2.53. The minimum atomic E-state index is 0.217. The minimum absolute atomic E-state index is 0.217. The van der Waals surface area contributed by atoms with E-state index in [0.717, 1.165) is 11.0 Å². The third-order valence-corrected chi connectivity index (χ3v) is 4.27. The second kappa shape index (κ2) is 6.42. The Kier molecular flexibility index (Phi) is 4.37. The van der Waals surface area contributed by atoms with Gasteiger partial charge >= 0.3 is 0 Å². The molecule has 3 rings (SSSR count). The standard InChI is InChI=1S/C19H18BrN/c1-2-21-19(15-10-12-16(20)13-11-15)18-9-5-7-14-6-3-4-8-17(14)18/h3-13,19,21H,2H2,1H3. The molecule has 0 radical (unpaired) electrons. The van der Waals surface area contributed by atoms with E-state index in [0.29, 0.717) is 0 Å². The fourth-order valence-electron chi connectivity index (χ4n) is 2.77. The van der Waals surface area contributed by atoms with Crippen LogP contribution in [0.1, 0.15) is 24.1 Å². The fraction of sp³-hybridized carbons (Fsp3) is 0.158. The van der Waals surface area contributed by atoms with Crippen molar-refractivity contribution in [1.82, 2.24) is 5.32 Å². The maximum atomic E-state index is 3.61. The molecule has 1 nitrogen and oxygen atoms in total. The van der Waals surface area contributed by atoms with E-state index < -0.39 is 0 Å². The molecule has 0 saturated heterocycles. The Balaban J connectivity index is 2.13. The van der Waals surface area contributed by atoms with Crippen LogP contribution in [0.5, 0.6) is 0 Å². The van der Waals surface area contributed by atoms with Crippen molar-refractivity contribution in [3.05, 3.63) is 82.3 Å². The van der Waals surface area contributed by atoms with Crippen LogP contribution in [0.4, 0.5) is 0 Å². The first kappa shape index (κ1) is 14.3. The molecule has 0 aliphatic carbocycles. The van der Waals surface area contributed by atoms with Crippen LogP contribution in [0.15, 0.2) is 71.2 Å². The first-order valence-corrected chi connectivity index (χ1v) is 8.05. The molecule has 0 aliphatic heterocycles. The van der Waals surface area contributed by atoms with Crippen molar-refractivity contribution in [2.75, 3.05) is 6.54 Å². The van der Waals surface area contributed by atoms with E-state index in [4.69, 9.17) is 0 Å². The van der Waals surface area contributed by atoms with Crippen LogP contribution >= 0.6 is 15.9 Å². The highest BCUT2D eigenvalue weighted by atomic mass is 79.9. The molecule has 0 spiro atoms. The van der Waals surface area contributed by atoms with Crippen LogP contribution in [-0.4, -0.2) is 6.54 Å². The number of benzene rings is 3. The monoisotopic (exact) mass is 339 g/mol. The molecule has 1 N–H and O–H groups in total. The smallest absolute Gasteiger partial charge is 0.0582 e. The molecule has 1 unspecified atom stereocenters. The molecular weight excluding hydrogens is 322 g/mol. The summed E-state index contributed by atoms with van der Waals surface area (Å²) in [6.45, 7) is 3.08. The van der Waals surface area contributed by atoms with E-state index in [1.165, 1.54) is 21.9 Å². The van der Waals surface area contributed by atoms with Crippen molar-refractivity contribution in [3.8, 4) is 0 Å². The Labute approximate surface area is 134 Å². The summed E-state index contributed by atoms with van der Waals surface area (Å²) in [5.74, 6) is 0. The van der Waals surface area contributed by atoms with Gasteiger partial charge in [-0.15, -0.1) is 0 Å². The number of hydrogen-bond donors (Lipinski definition) is 1. The minimum Gasteiger partial charge on any atom is -0.307 e. The van der Waals surface area contributed by atoms with Gasteiger partial charge in [0.2, 0.25) is 0 Å². The molecule has 2 heteroatoms. The Bertz CT molecular complexity index is 729. The molecule has 0 heterocycles. The SMILES string of the molecule is CCNC(c1ccc(Br)cc1)c1cccc2ccccc12. The lowest BCUT2D eigenvalue weighted by molar-refractivity contribution is 0.634. The van der Waals surface area contributed by atoms with Crippen molar-refractivity contribution in [2.45, 2.75) is 13.0 Å². The highest BCUT2D eigenvalue weighted by Gasteiger charge is 2.15. The Morgan fingerprint density at radius 1 is 0.905 bits per heavy atom. The first-order valence-electron chi connectivity index (χ1n) is 7.26. The van der Waals surface area contributed by atoms with E-state index in [1.807, 2.05) is 0 Å². The molecular formula is C19H18BrN. The van der Waals surface area contributed by atoms with Gasteiger partial charge in [0.15, 0.2) is 0 Å². The Hall–Kier alpha value is -1.64. The second-order valence-electron chi connectivity index (χ2n) is 5.11. The molecule has 0 fully saturated rings. The van der Waals surface area contributed by atoms with Gasteiger partial charge in [-0.25, -0.2) is 0 Å². The highest BCUT2D eigenvalue weighted by Crippen LogP contribution is 2.29. The van der Waals surface area contributed by atoms with Crippen LogP contribution in [0.2, 0.25) is 0 Å². The molecule has 0 amide bonds. The molecule has 3 aromatic carbocycles. The normalized spacial score (nSPS) is 12.5. The van der Waals surface area contributed by atoms with Crippen molar-refractivity contribution < 1.29 is 0 Å². The van der Waals surface area contributed by atoms with Crippen molar-refractivity contribution in [2.24, 2.45) is 0 Å². The van der Waals surface area contributed by atoms with Gasteiger partial charge in [-0.2, -0.15) is 0 Å². The van der Waals surface area contributed by atoms with Crippen LogP contribution in [0, 0.1) is 0 Å². The van der Waals surface area contributed by atoms with E-state index >= 15 is 0 Å². The maximum Gasteiger partial charge on any atom is 0.0582 e. The average molecular weight is 340 g/mol. The zero-order valence-electron chi connectivity index (χ0n) is 12.0. The summed E-state index contributed by atoms with van der Waals surface area (Å²) in [4.78, 5) is 0. The zero-order valence-corrected chi connectivity index (χ0v) is 13.6. The predicted molar refractivity (Wildman–Crippen MR) is 93.6 cm³/mol. The highest BCUT2D eigenvalue weighted by molar-refractivity contribution is 9.10. The molecule has 0 aliphatic rings. The largest absolute Gasteiger partial charge is 0.307 e. The zero-order chi connectivity index (χ0) is 14.7. The van der Waals surface area contributed by atoms with E-state index in [2.05, 4.69) is 94.9 Å².